The zero-order valence-electron chi connectivity index (χ0n) is 3.92. The molecular formula is C4H8N2O3. The van der Waals surface area contributed by atoms with Gasteiger partial charge in [0.15, 0.2) is 0 Å². The van der Waals surface area contributed by atoms with Crippen LogP contribution in [0.2, 0.25) is 0 Å². The fraction of sp³-hybridized carbons (Fsp3) is 0.500. The van der Waals surface area contributed by atoms with Crippen molar-refractivity contribution in [2.45, 2.75) is 7.43 Å². The molecule has 5 heteroatoms. The van der Waals surface area contributed by atoms with Gasteiger partial charge in [-0.05, 0) is 0 Å². The average molecular weight is 132 g/mol. The molecule has 0 atom stereocenters. The zero-order chi connectivity index (χ0) is 6.15. The van der Waals surface area contributed by atoms with Crippen LogP contribution in [0.1, 0.15) is 7.43 Å². The third-order valence-electron chi connectivity index (χ3n) is 0.774. The van der Waals surface area contributed by atoms with E-state index in [1.807, 2.05) is 5.32 Å². The Morgan fingerprint density at radius 1 is 1.56 bits per heavy atom. The Balaban J connectivity index is 0.000000640. The highest BCUT2D eigenvalue weighted by Crippen LogP contribution is 1.90. The van der Waals surface area contributed by atoms with Crippen LogP contribution in [0.3, 0.4) is 0 Å². The second-order valence-electron chi connectivity index (χ2n) is 1.41. The number of urea groups is 1. The van der Waals surface area contributed by atoms with Crippen molar-refractivity contribution in [1.29, 1.82) is 0 Å². The van der Waals surface area contributed by atoms with Crippen LogP contribution in [-0.2, 0) is 4.79 Å². The van der Waals surface area contributed by atoms with Crippen LogP contribution >= 0.6 is 0 Å². The Morgan fingerprint density at radius 3 is 2.22 bits per heavy atom. The van der Waals surface area contributed by atoms with Crippen molar-refractivity contribution in [2.75, 3.05) is 6.54 Å². The molecule has 0 unspecified atom stereocenters. The lowest BCUT2D eigenvalue weighted by Crippen LogP contribution is -2.24. The number of rotatable bonds is 0. The molecule has 1 saturated heterocycles. The molecule has 1 aliphatic rings. The Hall–Kier alpha value is -1.10. The molecule has 0 bridgehead atoms. The summed E-state index contributed by atoms with van der Waals surface area (Å²) in [7, 11) is 0. The molecule has 0 aromatic heterocycles. The maximum atomic E-state index is 10.1. The highest BCUT2D eigenvalue weighted by Gasteiger charge is 2.24. The summed E-state index contributed by atoms with van der Waals surface area (Å²) >= 11 is 0. The number of carbonyl (C=O) groups is 2. The molecule has 1 rings (SSSR count). The summed E-state index contributed by atoms with van der Waals surface area (Å²) < 4.78 is 0. The maximum Gasteiger partial charge on any atom is 0.348 e. The van der Waals surface area contributed by atoms with E-state index >= 15 is 0 Å². The van der Waals surface area contributed by atoms with Gasteiger partial charge in [-0.3, -0.25) is 15.3 Å². The van der Waals surface area contributed by atoms with Crippen LogP contribution in [0, 0.1) is 0 Å². The largest absolute Gasteiger partial charge is 0.348 e. The minimum atomic E-state index is -0.755. The van der Waals surface area contributed by atoms with Gasteiger partial charge < -0.3 is 0 Å². The van der Waals surface area contributed by atoms with Gasteiger partial charge in [0.1, 0.15) is 6.54 Å². The zero-order valence-corrected chi connectivity index (χ0v) is 3.92. The summed E-state index contributed by atoms with van der Waals surface area (Å²) in [6.45, 7) is -0.251. The van der Waals surface area contributed by atoms with E-state index in [2.05, 4.69) is 0 Å². The average Bonchev–Trinajstić information content (AvgIpc) is 1.85. The second kappa shape index (κ2) is 2.45. The molecule has 9 heavy (non-hydrogen) atoms. The fourth-order valence-electron chi connectivity index (χ4n) is 0.431. The number of nitrogens with one attached hydrogen (secondary N) is 1. The second-order valence-corrected chi connectivity index (χ2v) is 1.41. The van der Waals surface area contributed by atoms with Gasteiger partial charge in [-0.25, -0.2) is 4.79 Å². The summed E-state index contributed by atoms with van der Waals surface area (Å²) in [6.07, 6.45) is 0. The molecule has 52 valence electrons. The van der Waals surface area contributed by atoms with Crippen molar-refractivity contribution in [3.63, 3.8) is 0 Å². The summed E-state index contributed by atoms with van der Waals surface area (Å²) in [5.74, 6) is -0.475. The van der Waals surface area contributed by atoms with Gasteiger partial charge >= 0.3 is 6.03 Å². The molecule has 1 fully saturated rings. The van der Waals surface area contributed by atoms with Gasteiger partial charge in [-0.1, -0.05) is 7.43 Å². The van der Waals surface area contributed by atoms with Gasteiger partial charge in [-0.2, -0.15) is 5.06 Å². The SMILES string of the molecule is C.O=C1CN(O)C(=O)N1. The summed E-state index contributed by atoms with van der Waals surface area (Å²) in [4.78, 5) is 20.3. The van der Waals surface area contributed by atoms with Crippen molar-refractivity contribution >= 4 is 11.9 Å². The van der Waals surface area contributed by atoms with Gasteiger partial charge in [0.2, 0.25) is 5.91 Å². The molecule has 0 aromatic carbocycles. The standard InChI is InChI=1S/C3H4N2O3.CH4/c6-2-1-5(8)3(7)4-2;/h8H,1H2,(H,4,6,7);1H4. The van der Waals surface area contributed by atoms with Gasteiger partial charge in [0.05, 0.1) is 0 Å². The first-order valence-electron chi connectivity index (χ1n) is 2.00. The molecule has 0 radical (unpaired) electrons. The van der Waals surface area contributed by atoms with E-state index in [1.54, 1.807) is 0 Å². The first-order chi connectivity index (χ1) is 3.70. The summed E-state index contributed by atoms with van der Waals surface area (Å²) in [5.41, 5.74) is 0. The van der Waals surface area contributed by atoms with E-state index in [0.717, 1.165) is 0 Å². The minimum Gasteiger partial charge on any atom is -0.284 e. The molecule has 5 nitrogen and oxygen atoms in total. The molecule has 3 amide bonds. The summed E-state index contributed by atoms with van der Waals surface area (Å²) in [6, 6.07) is -0.755. The van der Waals surface area contributed by atoms with Gasteiger partial charge in [0, 0.05) is 0 Å². The Bertz CT molecular complexity index is 145. The molecule has 1 aliphatic heterocycles. The topological polar surface area (TPSA) is 69.6 Å². The van der Waals surface area contributed by atoms with Crippen LogP contribution in [0.4, 0.5) is 4.79 Å². The lowest BCUT2D eigenvalue weighted by Gasteiger charge is -1.97. The van der Waals surface area contributed by atoms with Crippen LogP contribution < -0.4 is 5.32 Å². The van der Waals surface area contributed by atoms with E-state index < -0.39 is 11.9 Å². The van der Waals surface area contributed by atoms with E-state index in [0.29, 0.717) is 5.06 Å². The Labute approximate surface area is 52.2 Å². The van der Waals surface area contributed by atoms with E-state index in [9.17, 15) is 9.59 Å². The van der Waals surface area contributed by atoms with Crippen molar-refractivity contribution < 1.29 is 14.8 Å². The first kappa shape index (κ1) is 7.90. The first-order valence-corrected chi connectivity index (χ1v) is 2.00. The molecule has 0 spiro atoms. The minimum absolute atomic E-state index is 0. The predicted molar refractivity (Wildman–Crippen MR) is 28.8 cm³/mol. The molecule has 0 aromatic rings. The third kappa shape index (κ3) is 1.39. The predicted octanol–water partition coefficient (Wildman–Crippen LogP) is -0.437. The number of amides is 3. The number of nitrogens with zero attached hydrogens (tertiary/aromatic N) is 1. The van der Waals surface area contributed by atoms with Crippen molar-refractivity contribution in [3.05, 3.63) is 0 Å². The molecular weight excluding hydrogens is 124 g/mol. The highest BCUT2D eigenvalue weighted by molar-refractivity contribution is 6.01. The van der Waals surface area contributed by atoms with E-state index in [4.69, 9.17) is 5.21 Å². The van der Waals surface area contributed by atoms with Crippen LogP contribution in [0.5, 0.6) is 0 Å². The lowest BCUT2D eigenvalue weighted by molar-refractivity contribution is -0.121. The number of hydrogen-bond donors (Lipinski definition) is 2. The lowest BCUT2D eigenvalue weighted by atomic mass is 10.7. The van der Waals surface area contributed by atoms with E-state index in [-0.39, 0.29) is 14.0 Å². The number of carbonyl (C=O) groups excluding carboxylic acids is 2. The van der Waals surface area contributed by atoms with Crippen LogP contribution in [-0.4, -0.2) is 28.8 Å². The van der Waals surface area contributed by atoms with Crippen molar-refractivity contribution in [2.24, 2.45) is 0 Å². The third-order valence-corrected chi connectivity index (χ3v) is 0.774. The van der Waals surface area contributed by atoms with Crippen LogP contribution in [0.25, 0.3) is 0 Å². The normalized spacial score (nSPS) is 17.2. The summed E-state index contributed by atoms with van der Waals surface area (Å²) in [5, 5.41) is 10.6. The molecule has 0 saturated carbocycles. The Morgan fingerprint density at radius 2 is 2.11 bits per heavy atom. The molecule has 1 heterocycles. The van der Waals surface area contributed by atoms with E-state index in [1.165, 1.54) is 0 Å². The quantitative estimate of drug-likeness (QED) is 0.347. The monoisotopic (exact) mass is 132 g/mol. The van der Waals surface area contributed by atoms with Crippen LogP contribution in [0.15, 0.2) is 0 Å². The highest BCUT2D eigenvalue weighted by atomic mass is 16.5. The Kier molecular flexibility index (Phi) is 2.15. The van der Waals surface area contributed by atoms with Crippen molar-refractivity contribution in [1.82, 2.24) is 10.4 Å². The fourth-order valence-corrected chi connectivity index (χ4v) is 0.431. The van der Waals surface area contributed by atoms with Gasteiger partial charge in [0.25, 0.3) is 0 Å². The molecule has 0 aliphatic carbocycles. The van der Waals surface area contributed by atoms with Crippen molar-refractivity contribution in [3.8, 4) is 0 Å². The number of hydroxylamine groups is 2. The molecule has 2 N–H and O–H groups in total. The smallest absolute Gasteiger partial charge is 0.284 e. The van der Waals surface area contributed by atoms with Gasteiger partial charge in [-0.15, -0.1) is 0 Å². The number of imide groups is 1. The number of hydrogen-bond acceptors (Lipinski definition) is 3. The maximum absolute atomic E-state index is 10.1.